The summed E-state index contributed by atoms with van der Waals surface area (Å²) in [5.74, 6) is 0. The predicted octanol–water partition coefficient (Wildman–Crippen LogP) is 5.44. The van der Waals surface area contributed by atoms with Crippen LogP contribution in [0, 0.1) is 6.92 Å². The number of thiocarbonyl (C=S) groups is 1. The Morgan fingerprint density at radius 3 is 2.35 bits per heavy atom. The van der Waals surface area contributed by atoms with Crippen molar-refractivity contribution in [3.63, 3.8) is 0 Å². The van der Waals surface area contributed by atoms with Gasteiger partial charge < -0.3 is 10.2 Å². The molecule has 0 aliphatic carbocycles. The molecular weight excluding hydrogens is 362 g/mol. The number of hydrogen-bond acceptors (Lipinski definition) is 2. The van der Waals surface area contributed by atoms with Crippen LogP contribution in [-0.4, -0.2) is 15.0 Å². The Morgan fingerprint density at radius 2 is 1.69 bits per heavy atom. The van der Waals surface area contributed by atoms with Gasteiger partial charge in [-0.25, -0.2) is 0 Å². The summed E-state index contributed by atoms with van der Waals surface area (Å²) in [6, 6.07) is 20.0. The van der Waals surface area contributed by atoms with Crippen LogP contribution in [0.5, 0.6) is 0 Å². The second kappa shape index (κ2) is 8.79. The molecule has 0 atom stereocenters. The van der Waals surface area contributed by atoms with E-state index in [1.807, 2.05) is 36.5 Å². The topological polar surface area (TPSA) is 28.2 Å². The van der Waals surface area contributed by atoms with E-state index in [1.54, 1.807) is 6.20 Å². The van der Waals surface area contributed by atoms with Crippen molar-refractivity contribution in [2.45, 2.75) is 20.0 Å². The molecule has 3 aromatic rings. The van der Waals surface area contributed by atoms with Crippen LogP contribution in [0.2, 0.25) is 5.02 Å². The van der Waals surface area contributed by atoms with Crippen molar-refractivity contribution in [1.29, 1.82) is 0 Å². The first-order valence-corrected chi connectivity index (χ1v) is 9.15. The van der Waals surface area contributed by atoms with E-state index in [4.69, 9.17) is 23.8 Å². The molecule has 3 rings (SSSR count). The first kappa shape index (κ1) is 18.4. The summed E-state index contributed by atoms with van der Waals surface area (Å²) in [7, 11) is 0. The quantitative estimate of drug-likeness (QED) is 0.595. The molecule has 1 aromatic heterocycles. The second-order valence-electron chi connectivity index (χ2n) is 6.14. The highest BCUT2D eigenvalue weighted by atomic mass is 35.5. The van der Waals surface area contributed by atoms with Gasteiger partial charge in [-0.2, -0.15) is 0 Å². The maximum atomic E-state index is 5.96. The lowest BCUT2D eigenvalue weighted by atomic mass is 10.1. The van der Waals surface area contributed by atoms with E-state index in [0.29, 0.717) is 23.2 Å². The lowest BCUT2D eigenvalue weighted by molar-refractivity contribution is 0.412. The maximum Gasteiger partial charge on any atom is 0.174 e. The number of aromatic nitrogens is 1. The molecule has 132 valence electrons. The van der Waals surface area contributed by atoms with Gasteiger partial charge in [0.25, 0.3) is 0 Å². The summed E-state index contributed by atoms with van der Waals surface area (Å²) in [4.78, 5) is 6.33. The van der Waals surface area contributed by atoms with Gasteiger partial charge in [-0.15, -0.1) is 0 Å². The van der Waals surface area contributed by atoms with E-state index in [-0.39, 0.29) is 0 Å². The van der Waals surface area contributed by atoms with Crippen LogP contribution >= 0.6 is 23.8 Å². The first-order chi connectivity index (χ1) is 12.6. The van der Waals surface area contributed by atoms with Crippen molar-refractivity contribution in [2.75, 3.05) is 5.32 Å². The molecular formula is C21H20ClN3S. The Morgan fingerprint density at radius 1 is 1.00 bits per heavy atom. The number of halogens is 1. The Hall–Kier alpha value is -2.43. The second-order valence-corrected chi connectivity index (χ2v) is 6.96. The van der Waals surface area contributed by atoms with Crippen LogP contribution < -0.4 is 5.32 Å². The van der Waals surface area contributed by atoms with Gasteiger partial charge in [0.15, 0.2) is 5.11 Å². The molecule has 0 fully saturated rings. The zero-order chi connectivity index (χ0) is 18.4. The molecule has 5 heteroatoms. The highest BCUT2D eigenvalue weighted by molar-refractivity contribution is 7.80. The average Bonchev–Trinajstić information content (AvgIpc) is 2.65. The lowest BCUT2D eigenvalue weighted by Crippen LogP contribution is -2.33. The number of hydrogen-bond donors (Lipinski definition) is 1. The summed E-state index contributed by atoms with van der Waals surface area (Å²) in [6.07, 6.45) is 3.64. The number of aryl methyl sites for hydroxylation is 1. The molecule has 1 heterocycles. The van der Waals surface area contributed by atoms with Gasteiger partial charge in [-0.05, 0) is 60.6 Å². The van der Waals surface area contributed by atoms with E-state index >= 15 is 0 Å². The molecule has 0 aliphatic heterocycles. The summed E-state index contributed by atoms with van der Waals surface area (Å²) in [5.41, 5.74) is 4.48. The van der Waals surface area contributed by atoms with Crippen LogP contribution in [0.3, 0.4) is 0 Å². The monoisotopic (exact) mass is 381 g/mol. The molecule has 0 unspecified atom stereocenters. The van der Waals surface area contributed by atoms with Gasteiger partial charge in [0.2, 0.25) is 0 Å². The fourth-order valence-corrected chi connectivity index (χ4v) is 2.93. The smallest absolute Gasteiger partial charge is 0.174 e. The molecule has 0 bridgehead atoms. The van der Waals surface area contributed by atoms with Crippen LogP contribution in [0.25, 0.3) is 0 Å². The van der Waals surface area contributed by atoms with Gasteiger partial charge in [0.1, 0.15) is 0 Å². The van der Waals surface area contributed by atoms with Crippen molar-refractivity contribution in [2.24, 2.45) is 0 Å². The highest BCUT2D eigenvalue weighted by Crippen LogP contribution is 2.16. The number of benzene rings is 2. The molecule has 0 radical (unpaired) electrons. The standard InChI is InChI=1S/C21H20ClN3S/c1-16-4-6-17(7-5-16)14-25(15-18-3-2-12-23-13-18)21(26)24-20-10-8-19(22)9-11-20/h2-13H,14-15H2,1H3,(H,24,26). The largest absolute Gasteiger partial charge is 0.340 e. The van der Waals surface area contributed by atoms with E-state index in [0.717, 1.165) is 11.3 Å². The lowest BCUT2D eigenvalue weighted by Gasteiger charge is -2.26. The fourth-order valence-electron chi connectivity index (χ4n) is 2.56. The molecule has 26 heavy (non-hydrogen) atoms. The molecule has 0 saturated carbocycles. The summed E-state index contributed by atoms with van der Waals surface area (Å²) in [5, 5.41) is 4.67. The zero-order valence-electron chi connectivity index (χ0n) is 14.5. The predicted molar refractivity (Wildman–Crippen MR) is 112 cm³/mol. The van der Waals surface area contributed by atoms with Crippen LogP contribution in [0.4, 0.5) is 5.69 Å². The zero-order valence-corrected chi connectivity index (χ0v) is 16.1. The fraction of sp³-hybridized carbons (Fsp3) is 0.143. The average molecular weight is 382 g/mol. The SMILES string of the molecule is Cc1ccc(CN(Cc2cccnc2)C(=S)Nc2ccc(Cl)cc2)cc1. The Balaban J connectivity index is 1.77. The third-order valence-corrected chi connectivity index (χ3v) is 4.59. The van der Waals surface area contributed by atoms with Crippen LogP contribution in [0.1, 0.15) is 16.7 Å². The molecule has 1 N–H and O–H groups in total. The number of pyridine rings is 1. The van der Waals surface area contributed by atoms with Crippen molar-refractivity contribution in [3.05, 3.63) is 94.8 Å². The van der Waals surface area contributed by atoms with E-state index < -0.39 is 0 Å². The van der Waals surface area contributed by atoms with E-state index in [9.17, 15) is 0 Å². The first-order valence-electron chi connectivity index (χ1n) is 8.36. The van der Waals surface area contributed by atoms with E-state index in [2.05, 4.69) is 52.5 Å². The molecule has 0 amide bonds. The Kier molecular flexibility index (Phi) is 6.21. The Labute approximate surface area is 164 Å². The van der Waals surface area contributed by atoms with Crippen LogP contribution in [0.15, 0.2) is 73.1 Å². The minimum absolute atomic E-state index is 0.664. The van der Waals surface area contributed by atoms with E-state index in [1.165, 1.54) is 11.1 Å². The number of anilines is 1. The molecule has 0 aliphatic rings. The molecule has 0 spiro atoms. The maximum absolute atomic E-state index is 5.96. The van der Waals surface area contributed by atoms with Gasteiger partial charge in [0.05, 0.1) is 0 Å². The molecule has 0 saturated heterocycles. The molecule has 2 aromatic carbocycles. The minimum atomic E-state index is 0.664. The number of nitrogens with zero attached hydrogens (tertiary/aromatic N) is 2. The number of nitrogens with one attached hydrogen (secondary N) is 1. The Bertz CT molecular complexity index is 849. The van der Waals surface area contributed by atoms with Crippen molar-refractivity contribution < 1.29 is 0 Å². The van der Waals surface area contributed by atoms with Gasteiger partial charge >= 0.3 is 0 Å². The summed E-state index contributed by atoms with van der Waals surface area (Å²) in [6.45, 7) is 3.49. The van der Waals surface area contributed by atoms with Gasteiger partial charge in [-0.1, -0.05) is 47.5 Å². The summed E-state index contributed by atoms with van der Waals surface area (Å²) < 4.78 is 0. The van der Waals surface area contributed by atoms with Crippen molar-refractivity contribution in [1.82, 2.24) is 9.88 Å². The summed E-state index contributed by atoms with van der Waals surface area (Å²) >= 11 is 11.6. The normalized spacial score (nSPS) is 10.4. The third-order valence-electron chi connectivity index (χ3n) is 3.97. The highest BCUT2D eigenvalue weighted by Gasteiger charge is 2.12. The van der Waals surface area contributed by atoms with Gasteiger partial charge in [-0.3, -0.25) is 4.98 Å². The minimum Gasteiger partial charge on any atom is -0.340 e. The van der Waals surface area contributed by atoms with Crippen LogP contribution in [-0.2, 0) is 13.1 Å². The van der Waals surface area contributed by atoms with Gasteiger partial charge in [0, 0.05) is 36.2 Å². The number of rotatable bonds is 5. The van der Waals surface area contributed by atoms with Crippen molar-refractivity contribution in [3.8, 4) is 0 Å². The molecule has 3 nitrogen and oxygen atoms in total. The third kappa shape index (κ3) is 5.28. The van der Waals surface area contributed by atoms with Crippen molar-refractivity contribution >= 4 is 34.6 Å².